The number of hydrogen-bond acceptors (Lipinski definition) is 3. The van der Waals surface area contributed by atoms with E-state index in [0.29, 0.717) is 12.1 Å². The molecule has 3 nitrogen and oxygen atoms in total. The maximum atomic E-state index is 5.17. The van der Waals surface area contributed by atoms with Crippen LogP contribution in [-0.2, 0) is 4.74 Å². The van der Waals surface area contributed by atoms with Crippen LogP contribution in [0.25, 0.3) is 0 Å². The van der Waals surface area contributed by atoms with Crippen molar-refractivity contribution in [3.63, 3.8) is 0 Å². The average Bonchev–Trinajstić information content (AvgIpc) is 2.54. The van der Waals surface area contributed by atoms with E-state index in [4.69, 9.17) is 4.74 Å². The smallest absolute Gasteiger partial charge is 0.0462 e. The monoisotopic (exact) mass is 290 g/mol. The number of methoxy groups -OCH3 is 1. The molecule has 1 aliphatic heterocycles. The van der Waals surface area contributed by atoms with Crippen molar-refractivity contribution in [3.8, 4) is 0 Å². The molecular formula is C18H30N2O. The molecule has 2 atom stereocenters. The van der Waals surface area contributed by atoms with Crippen molar-refractivity contribution in [2.45, 2.75) is 44.7 Å². The molecule has 2 unspecified atom stereocenters. The summed E-state index contributed by atoms with van der Waals surface area (Å²) in [6.07, 6.45) is 4.94. The van der Waals surface area contributed by atoms with Gasteiger partial charge in [0.25, 0.3) is 0 Å². The summed E-state index contributed by atoms with van der Waals surface area (Å²) in [4.78, 5) is 2.69. The second-order valence-corrected chi connectivity index (χ2v) is 6.01. The minimum atomic E-state index is 0.474. The molecule has 0 bridgehead atoms. The van der Waals surface area contributed by atoms with Crippen LogP contribution in [0.3, 0.4) is 0 Å². The first-order valence-electron chi connectivity index (χ1n) is 8.36. The fraction of sp³-hybridized carbons (Fsp3) is 0.667. The summed E-state index contributed by atoms with van der Waals surface area (Å²) in [7, 11) is 1.79. The molecule has 1 N–H and O–H groups in total. The van der Waals surface area contributed by atoms with Gasteiger partial charge in [0.15, 0.2) is 0 Å². The van der Waals surface area contributed by atoms with Gasteiger partial charge in [0.1, 0.15) is 0 Å². The molecule has 1 aromatic rings. The van der Waals surface area contributed by atoms with Crippen molar-refractivity contribution in [3.05, 3.63) is 35.9 Å². The summed E-state index contributed by atoms with van der Waals surface area (Å²) in [5.41, 5.74) is 1.41. The normalized spacial score (nSPS) is 23.3. The lowest BCUT2D eigenvalue weighted by Gasteiger charge is -2.41. The second-order valence-electron chi connectivity index (χ2n) is 6.01. The van der Waals surface area contributed by atoms with Gasteiger partial charge in [-0.2, -0.15) is 0 Å². The maximum Gasteiger partial charge on any atom is 0.0462 e. The molecule has 21 heavy (non-hydrogen) atoms. The molecule has 0 aromatic heterocycles. The minimum Gasteiger partial charge on any atom is -0.385 e. The first kappa shape index (κ1) is 16.5. The van der Waals surface area contributed by atoms with Crippen LogP contribution >= 0.6 is 0 Å². The van der Waals surface area contributed by atoms with E-state index < -0.39 is 0 Å². The topological polar surface area (TPSA) is 24.5 Å². The van der Waals surface area contributed by atoms with Crippen molar-refractivity contribution in [2.75, 3.05) is 33.4 Å². The van der Waals surface area contributed by atoms with Crippen LogP contribution in [-0.4, -0.2) is 44.3 Å². The first-order chi connectivity index (χ1) is 10.3. The summed E-state index contributed by atoms with van der Waals surface area (Å²) < 4.78 is 5.17. The number of nitrogens with one attached hydrogen (secondary N) is 1. The van der Waals surface area contributed by atoms with E-state index in [1.165, 1.54) is 31.4 Å². The highest BCUT2D eigenvalue weighted by atomic mass is 16.5. The van der Waals surface area contributed by atoms with Crippen molar-refractivity contribution in [1.82, 2.24) is 10.2 Å². The van der Waals surface area contributed by atoms with Gasteiger partial charge in [0.05, 0.1) is 0 Å². The molecule has 0 amide bonds. The molecule has 0 saturated carbocycles. The van der Waals surface area contributed by atoms with Crippen molar-refractivity contribution in [2.24, 2.45) is 0 Å². The van der Waals surface area contributed by atoms with E-state index in [2.05, 4.69) is 47.5 Å². The average molecular weight is 290 g/mol. The van der Waals surface area contributed by atoms with Crippen LogP contribution in [0, 0.1) is 0 Å². The van der Waals surface area contributed by atoms with Crippen molar-refractivity contribution in [1.29, 1.82) is 0 Å². The van der Waals surface area contributed by atoms with Gasteiger partial charge in [-0.3, -0.25) is 4.90 Å². The molecule has 0 aliphatic carbocycles. The molecule has 1 saturated heterocycles. The number of nitrogens with zero attached hydrogens (tertiary/aromatic N) is 1. The SMILES string of the molecule is CCCC1CNC(c2ccccc2)CN1CCCCOC. The predicted octanol–water partition coefficient (Wildman–Crippen LogP) is 3.23. The quantitative estimate of drug-likeness (QED) is 0.744. The van der Waals surface area contributed by atoms with E-state index in [-0.39, 0.29) is 0 Å². The van der Waals surface area contributed by atoms with Gasteiger partial charge in [0, 0.05) is 38.9 Å². The van der Waals surface area contributed by atoms with Crippen LogP contribution in [0.15, 0.2) is 30.3 Å². The Morgan fingerprint density at radius 2 is 2.05 bits per heavy atom. The molecule has 2 rings (SSSR count). The third kappa shape index (κ3) is 5.10. The van der Waals surface area contributed by atoms with Crippen LogP contribution < -0.4 is 5.32 Å². The van der Waals surface area contributed by atoms with Gasteiger partial charge in [0.2, 0.25) is 0 Å². The first-order valence-corrected chi connectivity index (χ1v) is 8.36. The minimum absolute atomic E-state index is 0.474. The summed E-state index contributed by atoms with van der Waals surface area (Å²) in [5, 5.41) is 3.74. The van der Waals surface area contributed by atoms with Gasteiger partial charge in [-0.25, -0.2) is 0 Å². The number of ether oxygens (including phenoxy) is 1. The Bertz CT molecular complexity index is 382. The van der Waals surface area contributed by atoms with Gasteiger partial charge < -0.3 is 10.1 Å². The molecule has 1 aromatic carbocycles. The lowest BCUT2D eigenvalue weighted by molar-refractivity contribution is 0.114. The molecule has 3 heteroatoms. The zero-order valence-electron chi connectivity index (χ0n) is 13.6. The Balaban J connectivity index is 1.91. The molecule has 0 radical (unpaired) electrons. The summed E-state index contributed by atoms with van der Waals surface area (Å²) in [6.45, 7) is 6.59. The number of rotatable bonds is 8. The van der Waals surface area contributed by atoms with E-state index in [9.17, 15) is 0 Å². The highest BCUT2D eigenvalue weighted by molar-refractivity contribution is 5.20. The van der Waals surface area contributed by atoms with Crippen LogP contribution in [0.2, 0.25) is 0 Å². The Morgan fingerprint density at radius 1 is 1.24 bits per heavy atom. The van der Waals surface area contributed by atoms with Crippen LogP contribution in [0.1, 0.15) is 44.2 Å². The zero-order valence-corrected chi connectivity index (χ0v) is 13.6. The molecule has 1 fully saturated rings. The standard InChI is InChI=1S/C18H30N2O/c1-3-9-17-14-19-18(16-10-5-4-6-11-16)15-20(17)12-7-8-13-21-2/h4-6,10-11,17-19H,3,7-9,12-15H2,1-2H3. The maximum absolute atomic E-state index is 5.17. The number of benzene rings is 1. The third-order valence-corrected chi connectivity index (χ3v) is 4.40. The molecule has 118 valence electrons. The molecule has 1 aliphatic rings. The summed E-state index contributed by atoms with van der Waals surface area (Å²) in [6, 6.07) is 12.0. The Hall–Kier alpha value is -0.900. The zero-order chi connectivity index (χ0) is 14.9. The van der Waals surface area contributed by atoms with E-state index in [1.807, 2.05) is 0 Å². The van der Waals surface area contributed by atoms with Crippen LogP contribution in [0.4, 0.5) is 0 Å². The molecule has 1 heterocycles. The predicted molar refractivity (Wildman–Crippen MR) is 88.6 cm³/mol. The molecular weight excluding hydrogens is 260 g/mol. The number of hydrogen-bond donors (Lipinski definition) is 1. The lowest BCUT2D eigenvalue weighted by Crippen LogP contribution is -2.52. The summed E-state index contributed by atoms with van der Waals surface area (Å²) >= 11 is 0. The van der Waals surface area contributed by atoms with Gasteiger partial charge in [-0.1, -0.05) is 43.7 Å². The lowest BCUT2D eigenvalue weighted by atomic mass is 9.99. The number of unbranched alkanes of at least 4 members (excludes halogenated alkanes) is 1. The van der Waals surface area contributed by atoms with Crippen molar-refractivity contribution >= 4 is 0 Å². The van der Waals surface area contributed by atoms with Crippen LogP contribution in [0.5, 0.6) is 0 Å². The Labute approximate surface area is 129 Å². The van der Waals surface area contributed by atoms with E-state index in [0.717, 1.165) is 26.1 Å². The van der Waals surface area contributed by atoms with E-state index in [1.54, 1.807) is 7.11 Å². The number of piperazine rings is 1. The fourth-order valence-corrected chi connectivity index (χ4v) is 3.22. The Morgan fingerprint density at radius 3 is 2.76 bits per heavy atom. The highest BCUT2D eigenvalue weighted by Crippen LogP contribution is 2.22. The third-order valence-electron chi connectivity index (χ3n) is 4.40. The Kier molecular flexibility index (Phi) is 7.20. The fourth-order valence-electron chi connectivity index (χ4n) is 3.22. The van der Waals surface area contributed by atoms with E-state index >= 15 is 0 Å². The largest absolute Gasteiger partial charge is 0.385 e. The van der Waals surface area contributed by atoms with Gasteiger partial charge in [-0.05, 0) is 31.4 Å². The van der Waals surface area contributed by atoms with Gasteiger partial charge in [-0.15, -0.1) is 0 Å². The van der Waals surface area contributed by atoms with Crippen molar-refractivity contribution < 1.29 is 4.74 Å². The van der Waals surface area contributed by atoms with Gasteiger partial charge >= 0.3 is 0 Å². The second kappa shape index (κ2) is 9.19. The highest BCUT2D eigenvalue weighted by Gasteiger charge is 2.27. The summed E-state index contributed by atoms with van der Waals surface area (Å²) in [5.74, 6) is 0. The molecule has 0 spiro atoms.